The van der Waals surface area contributed by atoms with Gasteiger partial charge in [-0.05, 0) is 32.0 Å². The van der Waals surface area contributed by atoms with Gasteiger partial charge in [-0.2, -0.15) is 13.2 Å². The van der Waals surface area contributed by atoms with Crippen LogP contribution in [0.15, 0.2) is 24.3 Å². The zero-order chi connectivity index (χ0) is 14.8. The number of aromatic hydroxyl groups is 1. The average molecular weight is 293 g/mol. The third kappa shape index (κ3) is 4.07. The molecule has 3 N–H and O–H groups in total. The van der Waals surface area contributed by atoms with Crippen LogP contribution in [0.5, 0.6) is 5.75 Å². The van der Waals surface area contributed by atoms with Crippen LogP contribution in [0.3, 0.4) is 0 Å². The van der Waals surface area contributed by atoms with Crippen molar-refractivity contribution in [2.24, 2.45) is 5.14 Å². The van der Waals surface area contributed by atoms with Crippen molar-refractivity contribution in [3.63, 3.8) is 0 Å². The van der Waals surface area contributed by atoms with E-state index in [2.05, 4.69) is 0 Å². The number of halogens is 3. The third-order valence-corrected chi connectivity index (χ3v) is 3.71. The Morgan fingerprint density at radius 2 is 1.89 bits per heavy atom. The summed E-state index contributed by atoms with van der Waals surface area (Å²) in [7, 11) is -1.67. The minimum atomic E-state index is -4.48. The normalized spacial score (nSPS) is 14.8. The van der Waals surface area contributed by atoms with Gasteiger partial charge in [0.1, 0.15) is 5.75 Å². The van der Waals surface area contributed by atoms with Gasteiger partial charge in [-0.1, -0.05) is 12.2 Å². The van der Waals surface area contributed by atoms with Crippen molar-refractivity contribution in [2.75, 3.05) is 0 Å². The highest BCUT2D eigenvalue weighted by atomic mass is 32.2. The largest absolute Gasteiger partial charge is 0.507 e. The van der Waals surface area contributed by atoms with E-state index in [9.17, 15) is 22.5 Å². The van der Waals surface area contributed by atoms with Crippen LogP contribution in [-0.2, 0) is 17.2 Å². The van der Waals surface area contributed by atoms with E-state index < -0.39 is 27.5 Å². The average Bonchev–Trinajstić information content (AvgIpc) is 2.26. The number of rotatable bonds is 3. The van der Waals surface area contributed by atoms with E-state index in [1.165, 1.54) is 12.2 Å². The molecule has 0 saturated heterocycles. The number of alkyl halides is 3. The Hall–Kier alpha value is -1.34. The van der Waals surface area contributed by atoms with Crippen LogP contribution in [0, 0.1) is 0 Å². The van der Waals surface area contributed by atoms with E-state index in [1.807, 2.05) is 0 Å². The van der Waals surface area contributed by atoms with E-state index in [-0.39, 0.29) is 11.3 Å². The molecule has 0 radical (unpaired) electrons. The molecule has 1 aromatic rings. The van der Waals surface area contributed by atoms with Gasteiger partial charge in [0.15, 0.2) is 0 Å². The van der Waals surface area contributed by atoms with E-state index in [0.717, 1.165) is 18.2 Å². The molecular weight excluding hydrogens is 279 g/mol. The van der Waals surface area contributed by atoms with Crippen molar-refractivity contribution in [2.45, 2.75) is 24.8 Å². The molecule has 7 heteroatoms. The van der Waals surface area contributed by atoms with Gasteiger partial charge >= 0.3 is 6.18 Å². The van der Waals surface area contributed by atoms with Crippen LogP contribution < -0.4 is 5.14 Å². The fourth-order valence-corrected chi connectivity index (χ4v) is 1.42. The highest BCUT2D eigenvalue weighted by Crippen LogP contribution is 2.33. The predicted molar refractivity (Wildman–Crippen MR) is 68.6 cm³/mol. The van der Waals surface area contributed by atoms with E-state index in [4.69, 9.17) is 5.14 Å². The molecule has 1 rings (SSSR count). The smallest absolute Gasteiger partial charge is 0.416 e. The second-order valence-corrected chi connectivity index (χ2v) is 6.15. The molecule has 0 spiro atoms. The monoisotopic (exact) mass is 293 g/mol. The van der Waals surface area contributed by atoms with Crippen molar-refractivity contribution in [1.29, 1.82) is 0 Å². The summed E-state index contributed by atoms with van der Waals surface area (Å²) in [5, 5.41) is 14.8. The number of nitrogens with two attached hydrogens (primary N) is 1. The third-order valence-electron chi connectivity index (χ3n) is 2.54. The van der Waals surface area contributed by atoms with Gasteiger partial charge < -0.3 is 5.11 Å². The van der Waals surface area contributed by atoms with E-state index >= 15 is 0 Å². The zero-order valence-corrected chi connectivity index (χ0v) is 11.2. The van der Waals surface area contributed by atoms with Crippen LogP contribution in [0.2, 0.25) is 0 Å². The summed E-state index contributed by atoms with van der Waals surface area (Å²) < 4.78 is 47.9. The summed E-state index contributed by atoms with van der Waals surface area (Å²) in [6, 6.07) is 2.58. The minimum absolute atomic E-state index is 0.00616. The van der Waals surface area contributed by atoms with Crippen LogP contribution >= 0.6 is 0 Å². The van der Waals surface area contributed by atoms with Gasteiger partial charge in [0, 0.05) is 5.56 Å². The van der Waals surface area contributed by atoms with Gasteiger partial charge in [-0.25, -0.2) is 4.21 Å². The summed E-state index contributed by atoms with van der Waals surface area (Å²) in [5.41, 5.74) is -0.870. The Bertz CT molecular complexity index is 524. The Morgan fingerprint density at radius 1 is 1.32 bits per heavy atom. The molecule has 0 aromatic heterocycles. The number of benzene rings is 1. The molecule has 3 nitrogen and oxygen atoms in total. The Balaban J connectivity index is 3.15. The number of phenolic OH excluding ortho intramolecular Hbond substituents is 1. The lowest BCUT2D eigenvalue weighted by Gasteiger charge is -2.15. The van der Waals surface area contributed by atoms with Gasteiger partial charge in [0.2, 0.25) is 0 Å². The molecule has 1 atom stereocenters. The molecule has 0 bridgehead atoms. The quantitative estimate of drug-likeness (QED) is 0.900. The Kier molecular flexibility index (Phi) is 4.42. The number of hydrogen-bond acceptors (Lipinski definition) is 2. The molecule has 1 unspecified atom stereocenters. The molecule has 0 amide bonds. The van der Waals surface area contributed by atoms with Crippen LogP contribution in [0.1, 0.15) is 25.0 Å². The van der Waals surface area contributed by atoms with Gasteiger partial charge in [-0.15, -0.1) is 0 Å². The van der Waals surface area contributed by atoms with Crippen molar-refractivity contribution in [3.05, 3.63) is 35.4 Å². The van der Waals surface area contributed by atoms with Crippen molar-refractivity contribution in [1.82, 2.24) is 0 Å². The summed E-state index contributed by atoms with van der Waals surface area (Å²) in [5.74, 6) is -0.289. The lowest BCUT2D eigenvalue weighted by Crippen LogP contribution is -2.29. The molecular formula is C12H14F3NO2S. The van der Waals surface area contributed by atoms with Crippen molar-refractivity contribution < 1.29 is 22.5 Å². The molecule has 19 heavy (non-hydrogen) atoms. The van der Waals surface area contributed by atoms with Gasteiger partial charge in [-0.3, -0.25) is 5.14 Å². The summed E-state index contributed by atoms with van der Waals surface area (Å²) >= 11 is 0. The Morgan fingerprint density at radius 3 is 2.37 bits per heavy atom. The standard InChI is InChI=1S/C12H14F3NO2S/c1-11(2,19(16)18)6-5-8-7-9(12(13,14)15)3-4-10(8)17/h3-7,17H,16H2,1-2H3. The first-order chi connectivity index (χ1) is 8.54. The summed E-state index contributed by atoms with van der Waals surface area (Å²) in [4.78, 5) is 0. The lowest BCUT2D eigenvalue weighted by molar-refractivity contribution is -0.137. The van der Waals surface area contributed by atoms with E-state index in [1.54, 1.807) is 13.8 Å². The Labute approximate surface area is 111 Å². The maximum absolute atomic E-state index is 12.5. The molecule has 106 valence electrons. The maximum atomic E-state index is 12.5. The first kappa shape index (κ1) is 15.7. The molecule has 0 aliphatic rings. The number of hydrogen-bond donors (Lipinski definition) is 2. The number of phenols is 1. The predicted octanol–water partition coefficient (Wildman–Crippen LogP) is 2.83. The van der Waals surface area contributed by atoms with Crippen LogP contribution in [0.25, 0.3) is 6.08 Å². The SMILES string of the molecule is CC(C)(C=Cc1cc(C(F)(F)F)ccc1O)S(N)=O. The van der Waals surface area contributed by atoms with Crippen molar-refractivity contribution >= 4 is 17.1 Å². The maximum Gasteiger partial charge on any atom is 0.416 e. The van der Waals surface area contributed by atoms with Gasteiger partial charge in [0.25, 0.3) is 0 Å². The van der Waals surface area contributed by atoms with Crippen molar-refractivity contribution in [3.8, 4) is 5.75 Å². The first-order valence-electron chi connectivity index (χ1n) is 5.30. The van der Waals surface area contributed by atoms with Crippen LogP contribution in [0.4, 0.5) is 13.2 Å². The highest BCUT2D eigenvalue weighted by Gasteiger charge is 2.30. The minimum Gasteiger partial charge on any atom is -0.507 e. The second-order valence-electron chi connectivity index (χ2n) is 4.51. The molecule has 0 fully saturated rings. The summed E-state index contributed by atoms with van der Waals surface area (Å²) in [6.07, 6.45) is -1.81. The van der Waals surface area contributed by atoms with Gasteiger partial charge in [0.05, 0.1) is 21.3 Å². The molecule has 0 aliphatic heterocycles. The van der Waals surface area contributed by atoms with E-state index in [0.29, 0.717) is 0 Å². The molecule has 0 heterocycles. The molecule has 1 aromatic carbocycles. The summed E-state index contributed by atoms with van der Waals surface area (Å²) in [6.45, 7) is 3.15. The fraction of sp³-hybridized carbons (Fsp3) is 0.333. The highest BCUT2D eigenvalue weighted by molar-refractivity contribution is 7.84. The first-order valence-corrected chi connectivity index (χ1v) is 6.51. The van der Waals surface area contributed by atoms with Crippen LogP contribution in [-0.4, -0.2) is 14.1 Å². The fourth-order valence-electron chi connectivity index (χ4n) is 1.22. The topological polar surface area (TPSA) is 63.3 Å². The molecule has 0 saturated carbocycles. The second kappa shape index (κ2) is 5.34. The lowest BCUT2D eigenvalue weighted by atomic mass is 10.1. The molecule has 0 aliphatic carbocycles. The zero-order valence-electron chi connectivity index (χ0n) is 10.4.